The van der Waals surface area contributed by atoms with Gasteiger partial charge in [0.05, 0.1) is 25.2 Å². The van der Waals surface area contributed by atoms with Crippen molar-refractivity contribution >= 4 is 11.9 Å². The van der Waals surface area contributed by atoms with Crippen molar-refractivity contribution in [2.45, 2.75) is 270 Å². The van der Waals surface area contributed by atoms with E-state index in [4.69, 9.17) is 4.74 Å². The second-order valence-corrected chi connectivity index (χ2v) is 17.6. The van der Waals surface area contributed by atoms with Gasteiger partial charge in [0.2, 0.25) is 5.91 Å². The number of hydrogen-bond acceptors (Lipinski definition) is 5. The molecule has 354 valence electrons. The summed E-state index contributed by atoms with van der Waals surface area (Å²) in [6.07, 6.45) is 59.9. The van der Waals surface area contributed by atoms with Crippen LogP contribution in [0, 0.1) is 0 Å². The molecule has 0 saturated heterocycles. The molecule has 0 spiro atoms. The molecule has 61 heavy (non-hydrogen) atoms. The molecule has 3 unspecified atom stereocenters. The maximum absolute atomic E-state index is 13.2. The second-order valence-electron chi connectivity index (χ2n) is 17.6. The zero-order valence-corrected chi connectivity index (χ0v) is 40.3. The Morgan fingerprint density at radius 2 is 0.885 bits per heavy atom. The highest BCUT2D eigenvalue weighted by molar-refractivity contribution is 5.77. The molecule has 3 atom stereocenters. The number of allylic oxidation sites excluding steroid dienone is 10. The molecule has 3 N–H and O–H groups in total. The third-order valence-corrected chi connectivity index (χ3v) is 11.7. The zero-order valence-electron chi connectivity index (χ0n) is 40.3. The van der Waals surface area contributed by atoms with Crippen LogP contribution in [0.3, 0.4) is 0 Å². The minimum absolute atomic E-state index is 0.0565. The Balaban J connectivity index is 4.60. The number of aliphatic hydroxyl groups is 2. The van der Waals surface area contributed by atoms with E-state index in [-0.39, 0.29) is 24.9 Å². The van der Waals surface area contributed by atoms with E-state index >= 15 is 0 Å². The van der Waals surface area contributed by atoms with Crippen LogP contribution in [-0.4, -0.2) is 46.9 Å². The number of rotatable bonds is 46. The highest BCUT2D eigenvalue weighted by atomic mass is 16.5. The van der Waals surface area contributed by atoms with Crippen LogP contribution in [0.25, 0.3) is 0 Å². The minimum atomic E-state index is -0.797. The molecule has 0 heterocycles. The lowest BCUT2D eigenvalue weighted by Gasteiger charge is -2.24. The summed E-state index contributed by atoms with van der Waals surface area (Å²) in [5, 5.41) is 23.7. The summed E-state index contributed by atoms with van der Waals surface area (Å²) in [7, 11) is 0. The Kier molecular flexibility index (Phi) is 46.6. The fourth-order valence-corrected chi connectivity index (χ4v) is 7.72. The molecule has 0 bridgehead atoms. The predicted octanol–water partition coefficient (Wildman–Crippen LogP) is 15.6. The van der Waals surface area contributed by atoms with Gasteiger partial charge >= 0.3 is 5.97 Å². The molecule has 0 aliphatic rings. The first-order valence-corrected chi connectivity index (χ1v) is 26.1. The van der Waals surface area contributed by atoms with Gasteiger partial charge in [-0.25, -0.2) is 0 Å². The summed E-state index contributed by atoms with van der Waals surface area (Å²) in [4.78, 5) is 26.1. The molecule has 0 aromatic heterocycles. The first-order chi connectivity index (χ1) is 30.0. The molecular formula is C55H99NO5. The number of aliphatic hydroxyl groups excluding tert-OH is 2. The van der Waals surface area contributed by atoms with Crippen LogP contribution in [0.15, 0.2) is 60.8 Å². The third kappa shape index (κ3) is 44.0. The summed E-state index contributed by atoms with van der Waals surface area (Å²) in [5.41, 5.74) is 0. The first-order valence-electron chi connectivity index (χ1n) is 26.1. The fraction of sp³-hybridized carbons (Fsp3) is 0.782. The third-order valence-electron chi connectivity index (χ3n) is 11.7. The Bertz CT molecular complexity index is 1090. The molecule has 1 amide bonds. The van der Waals surface area contributed by atoms with Gasteiger partial charge in [0.25, 0.3) is 0 Å². The van der Waals surface area contributed by atoms with E-state index in [1.807, 2.05) is 0 Å². The van der Waals surface area contributed by atoms with Crippen molar-refractivity contribution in [2.24, 2.45) is 0 Å². The van der Waals surface area contributed by atoms with Crippen LogP contribution in [0.1, 0.15) is 252 Å². The number of unbranched alkanes of at least 4 members (excludes halogenated alkanes) is 27. The second kappa shape index (κ2) is 48.6. The highest BCUT2D eigenvalue weighted by Gasteiger charge is 2.24. The first kappa shape index (κ1) is 58.6. The summed E-state index contributed by atoms with van der Waals surface area (Å²) in [5.74, 6) is -0.510. The monoisotopic (exact) mass is 854 g/mol. The van der Waals surface area contributed by atoms with Crippen LogP contribution in [-0.2, 0) is 14.3 Å². The Morgan fingerprint density at radius 1 is 0.492 bits per heavy atom. The van der Waals surface area contributed by atoms with Gasteiger partial charge < -0.3 is 20.3 Å². The van der Waals surface area contributed by atoms with E-state index in [0.29, 0.717) is 19.3 Å². The Hall–Kier alpha value is -2.44. The largest absolute Gasteiger partial charge is 0.462 e. The van der Waals surface area contributed by atoms with E-state index < -0.39 is 18.2 Å². The van der Waals surface area contributed by atoms with Crippen molar-refractivity contribution in [3.8, 4) is 0 Å². The number of carbonyl (C=O) groups is 2. The van der Waals surface area contributed by atoms with Gasteiger partial charge in [-0.05, 0) is 70.6 Å². The lowest BCUT2D eigenvalue weighted by Crippen LogP contribution is -2.46. The van der Waals surface area contributed by atoms with Gasteiger partial charge in [0.1, 0.15) is 6.10 Å². The van der Waals surface area contributed by atoms with Crippen molar-refractivity contribution < 1.29 is 24.5 Å². The van der Waals surface area contributed by atoms with Crippen LogP contribution in [0.4, 0.5) is 0 Å². The summed E-state index contributed by atoms with van der Waals surface area (Å²) >= 11 is 0. The quantitative estimate of drug-likeness (QED) is 0.0322. The molecule has 0 aliphatic carbocycles. The number of hydrogen-bond donors (Lipinski definition) is 3. The molecule has 0 radical (unpaired) electrons. The number of ether oxygens (including phenoxy) is 1. The molecule has 0 aliphatic heterocycles. The molecule has 0 fully saturated rings. The van der Waals surface area contributed by atoms with Gasteiger partial charge in [-0.3, -0.25) is 9.59 Å². The lowest BCUT2D eigenvalue weighted by molar-refractivity contribution is -0.151. The van der Waals surface area contributed by atoms with Gasteiger partial charge in [-0.2, -0.15) is 0 Å². The summed E-state index contributed by atoms with van der Waals surface area (Å²) in [6.45, 7) is 6.33. The molecule has 6 heteroatoms. The fourth-order valence-electron chi connectivity index (χ4n) is 7.72. The van der Waals surface area contributed by atoms with E-state index in [2.05, 4.69) is 86.8 Å². The molecule has 0 aromatic carbocycles. The van der Waals surface area contributed by atoms with E-state index in [1.165, 1.54) is 103 Å². The van der Waals surface area contributed by atoms with Crippen LogP contribution >= 0.6 is 0 Å². The maximum atomic E-state index is 13.2. The normalized spacial score (nSPS) is 13.7. The Morgan fingerprint density at radius 3 is 1.34 bits per heavy atom. The Labute approximate surface area is 378 Å². The van der Waals surface area contributed by atoms with Crippen molar-refractivity contribution in [3.63, 3.8) is 0 Å². The van der Waals surface area contributed by atoms with Crippen molar-refractivity contribution in [3.05, 3.63) is 60.8 Å². The van der Waals surface area contributed by atoms with Gasteiger partial charge in [-0.15, -0.1) is 0 Å². The molecular weight excluding hydrogens is 755 g/mol. The standard InChI is InChI=1S/C55H99NO5/c1-4-7-10-13-16-19-22-24-25-26-27-28-30-33-36-39-42-45-48-55(60)61-51(46-43-40-37-34-32-29-23-20-17-14-11-8-5-2)49-54(59)56-52(50-57)53(58)47-44-41-38-35-31-21-18-15-12-9-6-3/h8,11,14,17,20,23,25-28,51-53,57-58H,4-7,9-10,12-13,15-16,18-19,21-22,24,29-50H2,1-3H3,(H,56,59)/b11-8+,17-14+,23-20+,26-25+,28-27+. The van der Waals surface area contributed by atoms with Crippen LogP contribution in [0.2, 0.25) is 0 Å². The van der Waals surface area contributed by atoms with Crippen LogP contribution in [0.5, 0.6) is 0 Å². The molecule has 0 aromatic rings. The summed E-state index contributed by atoms with van der Waals surface area (Å²) in [6, 6.07) is -0.712. The van der Waals surface area contributed by atoms with E-state index in [9.17, 15) is 19.8 Å². The summed E-state index contributed by atoms with van der Waals surface area (Å²) < 4.78 is 5.92. The van der Waals surface area contributed by atoms with E-state index in [0.717, 1.165) is 103 Å². The lowest BCUT2D eigenvalue weighted by atomic mass is 10.0. The van der Waals surface area contributed by atoms with Gasteiger partial charge in [-0.1, -0.05) is 229 Å². The zero-order chi connectivity index (χ0) is 44.5. The van der Waals surface area contributed by atoms with Crippen molar-refractivity contribution in [1.82, 2.24) is 5.32 Å². The van der Waals surface area contributed by atoms with Gasteiger partial charge in [0, 0.05) is 6.42 Å². The molecule has 0 rings (SSSR count). The maximum Gasteiger partial charge on any atom is 0.306 e. The van der Waals surface area contributed by atoms with E-state index in [1.54, 1.807) is 0 Å². The highest BCUT2D eigenvalue weighted by Crippen LogP contribution is 2.17. The predicted molar refractivity (Wildman–Crippen MR) is 264 cm³/mol. The minimum Gasteiger partial charge on any atom is -0.462 e. The molecule has 6 nitrogen and oxygen atoms in total. The number of amides is 1. The average Bonchev–Trinajstić information content (AvgIpc) is 3.25. The average molecular weight is 854 g/mol. The molecule has 0 saturated carbocycles. The number of esters is 1. The number of carbonyl (C=O) groups excluding carboxylic acids is 2. The SMILES string of the molecule is CC/C=C/C=C/C=C/CCCCCCCC(CC(=O)NC(CO)C(O)CCCCCCCCCCCCC)OC(=O)CCCCCCC/C=C/C=C/CCCCCCCCC. The smallest absolute Gasteiger partial charge is 0.306 e. The van der Waals surface area contributed by atoms with Crippen molar-refractivity contribution in [2.75, 3.05) is 6.61 Å². The van der Waals surface area contributed by atoms with Crippen LogP contribution < -0.4 is 5.32 Å². The van der Waals surface area contributed by atoms with Crippen molar-refractivity contribution in [1.29, 1.82) is 0 Å². The van der Waals surface area contributed by atoms with Gasteiger partial charge in [0.15, 0.2) is 0 Å². The number of nitrogens with one attached hydrogen (secondary N) is 1. The topological polar surface area (TPSA) is 95.9 Å².